The number of amides is 1. The zero-order chi connectivity index (χ0) is 12.3. The van der Waals surface area contributed by atoms with Crippen LogP contribution in [0.4, 0.5) is 10.1 Å². The van der Waals surface area contributed by atoms with Gasteiger partial charge in [-0.3, -0.25) is 4.79 Å². The summed E-state index contributed by atoms with van der Waals surface area (Å²) in [5, 5.41) is 6.00. The lowest BCUT2D eigenvalue weighted by molar-refractivity contribution is -0.118. The van der Waals surface area contributed by atoms with E-state index in [1.165, 1.54) is 12.1 Å². The molecule has 1 aliphatic rings. The largest absolute Gasteiger partial charge is 0.322 e. The van der Waals surface area contributed by atoms with Crippen molar-refractivity contribution in [3.05, 3.63) is 29.0 Å². The third-order valence-electron chi connectivity index (χ3n) is 2.82. The van der Waals surface area contributed by atoms with Gasteiger partial charge in [-0.15, -0.1) is 0 Å². The van der Waals surface area contributed by atoms with E-state index in [2.05, 4.69) is 10.6 Å². The van der Waals surface area contributed by atoms with E-state index < -0.39 is 5.82 Å². The van der Waals surface area contributed by atoms with Crippen molar-refractivity contribution in [3.63, 3.8) is 0 Å². The van der Waals surface area contributed by atoms with Crippen LogP contribution in [0.2, 0.25) is 5.02 Å². The summed E-state index contributed by atoms with van der Waals surface area (Å²) < 4.78 is 13.5. The summed E-state index contributed by atoms with van der Waals surface area (Å²) in [6.45, 7) is 0.835. The molecule has 0 saturated carbocycles. The van der Waals surface area contributed by atoms with E-state index in [-0.39, 0.29) is 17.6 Å². The number of hydrogen-bond acceptors (Lipinski definition) is 2. The summed E-state index contributed by atoms with van der Waals surface area (Å²) in [7, 11) is 0. The molecule has 0 radical (unpaired) electrons. The lowest BCUT2D eigenvalue weighted by Crippen LogP contribution is -2.43. The van der Waals surface area contributed by atoms with Crippen LogP contribution < -0.4 is 10.6 Å². The van der Waals surface area contributed by atoms with Gasteiger partial charge >= 0.3 is 0 Å². The molecule has 3 nitrogen and oxygen atoms in total. The molecule has 1 unspecified atom stereocenters. The first kappa shape index (κ1) is 12.3. The van der Waals surface area contributed by atoms with Crippen LogP contribution in [0.1, 0.15) is 19.3 Å². The topological polar surface area (TPSA) is 41.1 Å². The Kier molecular flexibility index (Phi) is 3.97. The molecule has 1 atom stereocenters. The second-order valence-corrected chi connectivity index (χ2v) is 4.55. The van der Waals surface area contributed by atoms with Gasteiger partial charge in [0.2, 0.25) is 5.91 Å². The molecule has 0 bridgehead atoms. The van der Waals surface area contributed by atoms with Crippen LogP contribution in [0.3, 0.4) is 0 Å². The Morgan fingerprint density at radius 1 is 1.47 bits per heavy atom. The predicted molar refractivity (Wildman–Crippen MR) is 65.7 cm³/mol. The van der Waals surface area contributed by atoms with Gasteiger partial charge in [-0.1, -0.05) is 18.0 Å². The molecule has 0 aromatic heterocycles. The van der Waals surface area contributed by atoms with Crippen molar-refractivity contribution in [3.8, 4) is 0 Å². The van der Waals surface area contributed by atoms with Crippen molar-refractivity contribution in [2.75, 3.05) is 11.9 Å². The highest BCUT2D eigenvalue weighted by atomic mass is 35.5. The molecule has 0 spiro atoms. The van der Waals surface area contributed by atoms with Gasteiger partial charge in [-0.25, -0.2) is 4.39 Å². The molecule has 1 aromatic rings. The molecule has 5 heteroatoms. The summed E-state index contributed by atoms with van der Waals surface area (Å²) >= 11 is 5.64. The van der Waals surface area contributed by atoms with E-state index >= 15 is 0 Å². The van der Waals surface area contributed by atoms with Crippen molar-refractivity contribution < 1.29 is 9.18 Å². The minimum atomic E-state index is -0.512. The Morgan fingerprint density at radius 2 is 2.29 bits per heavy atom. The first-order valence-electron chi connectivity index (χ1n) is 5.66. The molecule has 1 aromatic carbocycles. The van der Waals surface area contributed by atoms with Gasteiger partial charge in [0.25, 0.3) is 0 Å². The van der Waals surface area contributed by atoms with Gasteiger partial charge in [-0.05, 0) is 37.6 Å². The summed E-state index contributed by atoms with van der Waals surface area (Å²) in [5.41, 5.74) is 0.173. The van der Waals surface area contributed by atoms with Crippen molar-refractivity contribution in [2.45, 2.75) is 25.3 Å². The van der Waals surface area contributed by atoms with Gasteiger partial charge in [0, 0.05) is 5.02 Å². The van der Waals surface area contributed by atoms with Crippen LogP contribution in [-0.2, 0) is 4.79 Å². The SMILES string of the molecule is O=C(Nc1ccc(Cl)cc1F)C1CCCCN1. The number of hydrogen-bond donors (Lipinski definition) is 2. The van der Waals surface area contributed by atoms with E-state index in [4.69, 9.17) is 11.6 Å². The number of piperidine rings is 1. The van der Waals surface area contributed by atoms with Crippen LogP contribution in [0.15, 0.2) is 18.2 Å². The van der Waals surface area contributed by atoms with Crippen molar-refractivity contribution >= 4 is 23.2 Å². The maximum Gasteiger partial charge on any atom is 0.241 e. The summed E-state index contributed by atoms with van der Waals surface area (Å²) in [4.78, 5) is 11.8. The lowest BCUT2D eigenvalue weighted by Gasteiger charge is -2.22. The average Bonchev–Trinajstić information content (AvgIpc) is 2.34. The lowest BCUT2D eigenvalue weighted by atomic mass is 10.0. The molecule has 92 valence electrons. The zero-order valence-corrected chi connectivity index (χ0v) is 10.1. The third kappa shape index (κ3) is 3.17. The standard InChI is InChI=1S/C12H14ClFN2O/c13-8-4-5-10(9(14)7-8)16-12(17)11-3-1-2-6-15-11/h4-5,7,11,15H,1-3,6H2,(H,16,17). The van der Waals surface area contributed by atoms with Gasteiger partial charge in [-0.2, -0.15) is 0 Å². The predicted octanol–water partition coefficient (Wildman–Crippen LogP) is 2.56. The maximum absolute atomic E-state index is 13.5. The van der Waals surface area contributed by atoms with Gasteiger partial charge in [0.05, 0.1) is 11.7 Å². The highest BCUT2D eigenvalue weighted by Crippen LogP contribution is 2.19. The number of rotatable bonds is 2. The number of nitrogens with one attached hydrogen (secondary N) is 2. The van der Waals surface area contributed by atoms with E-state index in [0.717, 1.165) is 25.8 Å². The quantitative estimate of drug-likeness (QED) is 0.854. The molecular weight excluding hydrogens is 243 g/mol. The van der Waals surface area contributed by atoms with Crippen LogP contribution in [0, 0.1) is 5.82 Å². The number of carbonyl (C=O) groups is 1. The highest BCUT2D eigenvalue weighted by Gasteiger charge is 2.21. The molecule has 1 aliphatic heterocycles. The fourth-order valence-corrected chi connectivity index (χ4v) is 2.05. The van der Waals surface area contributed by atoms with E-state index in [1.807, 2.05) is 0 Å². The fraction of sp³-hybridized carbons (Fsp3) is 0.417. The minimum Gasteiger partial charge on any atom is -0.322 e. The monoisotopic (exact) mass is 256 g/mol. The van der Waals surface area contributed by atoms with Crippen molar-refractivity contribution in [1.82, 2.24) is 5.32 Å². The van der Waals surface area contributed by atoms with Crippen molar-refractivity contribution in [2.24, 2.45) is 0 Å². The minimum absolute atomic E-state index is 0.173. The van der Waals surface area contributed by atoms with Gasteiger partial charge < -0.3 is 10.6 Å². The molecule has 1 saturated heterocycles. The second kappa shape index (κ2) is 5.47. The van der Waals surface area contributed by atoms with E-state index in [0.29, 0.717) is 5.02 Å². The molecule has 2 rings (SSSR count). The Morgan fingerprint density at radius 3 is 2.94 bits per heavy atom. The zero-order valence-electron chi connectivity index (χ0n) is 9.30. The Bertz CT molecular complexity index is 419. The van der Waals surface area contributed by atoms with Crippen LogP contribution in [-0.4, -0.2) is 18.5 Å². The Balaban J connectivity index is 2.02. The number of carbonyl (C=O) groups excluding carboxylic acids is 1. The number of halogens is 2. The summed E-state index contributed by atoms with van der Waals surface area (Å²) in [5.74, 6) is -0.701. The van der Waals surface area contributed by atoms with E-state index in [1.54, 1.807) is 6.07 Å². The van der Waals surface area contributed by atoms with Crippen LogP contribution in [0.25, 0.3) is 0 Å². The first-order chi connectivity index (χ1) is 8.16. The normalized spacial score (nSPS) is 20.0. The van der Waals surface area contributed by atoms with Crippen LogP contribution >= 0.6 is 11.6 Å². The summed E-state index contributed by atoms with van der Waals surface area (Å²) in [6, 6.07) is 3.98. The Labute approximate surface area is 104 Å². The average molecular weight is 257 g/mol. The van der Waals surface area contributed by atoms with Crippen molar-refractivity contribution in [1.29, 1.82) is 0 Å². The molecule has 2 N–H and O–H groups in total. The Hall–Kier alpha value is -1.13. The summed E-state index contributed by atoms with van der Waals surface area (Å²) in [6.07, 6.45) is 2.90. The molecule has 17 heavy (non-hydrogen) atoms. The smallest absolute Gasteiger partial charge is 0.241 e. The van der Waals surface area contributed by atoms with E-state index in [9.17, 15) is 9.18 Å². The molecule has 1 amide bonds. The third-order valence-corrected chi connectivity index (χ3v) is 3.05. The number of anilines is 1. The van der Waals surface area contributed by atoms with Crippen LogP contribution in [0.5, 0.6) is 0 Å². The number of benzene rings is 1. The highest BCUT2D eigenvalue weighted by molar-refractivity contribution is 6.30. The molecular formula is C12H14ClFN2O. The first-order valence-corrected chi connectivity index (χ1v) is 6.04. The molecule has 1 fully saturated rings. The fourth-order valence-electron chi connectivity index (χ4n) is 1.89. The second-order valence-electron chi connectivity index (χ2n) is 4.12. The maximum atomic E-state index is 13.5. The molecule has 0 aliphatic carbocycles. The van der Waals surface area contributed by atoms with Gasteiger partial charge in [0.15, 0.2) is 0 Å². The molecule has 1 heterocycles. The van der Waals surface area contributed by atoms with Gasteiger partial charge in [0.1, 0.15) is 5.82 Å².